The van der Waals surface area contributed by atoms with Crippen LogP contribution in [0.2, 0.25) is 5.02 Å². The first-order chi connectivity index (χ1) is 9.10. The van der Waals surface area contributed by atoms with Crippen molar-refractivity contribution in [3.05, 3.63) is 40.4 Å². The Morgan fingerprint density at radius 1 is 1.47 bits per heavy atom. The summed E-state index contributed by atoms with van der Waals surface area (Å²) in [4.78, 5) is 16.1. The lowest BCUT2D eigenvalue weighted by molar-refractivity contribution is 0.101. The van der Waals surface area contributed by atoms with Crippen molar-refractivity contribution < 1.29 is 4.79 Å². The van der Waals surface area contributed by atoms with Crippen molar-refractivity contribution in [1.82, 2.24) is 15.2 Å². The molecule has 2 rings (SSSR count). The predicted octanol–water partition coefficient (Wildman–Crippen LogP) is 2.97. The molecular weight excluding hydrogens is 264 g/mol. The summed E-state index contributed by atoms with van der Waals surface area (Å²) in [5.41, 5.74) is 1.58. The molecule has 1 amide bonds. The summed E-state index contributed by atoms with van der Waals surface area (Å²) in [7, 11) is 0. The third kappa shape index (κ3) is 3.32. The molecule has 0 saturated heterocycles. The van der Waals surface area contributed by atoms with Crippen LogP contribution in [-0.4, -0.2) is 21.1 Å². The highest BCUT2D eigenvalue weighted by Gasteiger charge is 2.13. The second-order valence-electron chi connectivity index (χ2n) is 4.29. The number of carbonyl (C=O) groups is 1. The molecule has 19 heavy (non-hydrogen) atoms. The zero-order chi connectivity index (χ0) is 13.8. The number of amides is 1. The van der Waals surface area contributed by atoms with Crippen molar-refractivity contribution in [3.8, 4) is 0 Å². The smallest absolute Gasteiger partial charge is 0.295 e. The van der Waals surface area contributed by atoms with Gasteiger partial charge in [-0.05, 0) is 31.0 Å². The van der Waals surface area contributed by atoms with Crippen molar-refractivity contribution >= 4 is 23.2 Å². The maximum absolute atomic E-state index is 12.0. The fourth-order valence-electron chi connectivity index (χ4n) is 1.66. The number of anilines is 1. The van der Waals surface area contributed by atoms with Crippen LogP contribution in [-0.2, 0) is 6.42 Å². The van der Waals surface area contributed by atoms with Crippen molar-refractivity contribution in [3.63, 3.8) is 0 Å². The van der Waals surface area contributed by atoms with E-state index in [-0.39, 0.29) is 11.7 Å². The van der Waals surface area contributed by atoms with Crippen LogP contribution in [0.15, 0.2) is 18.2 Å². The molecule has 0 saturated carbocycles. The maximum Gasteiger partial charge on any atom is 0.295 e. The number of aromatic amines is 1. The van der Waals surface area contributed by atoms with Crippen molar-refractivity contribution in [2.24, 2.45) is 0 Å². The van der Waals surface area contributed by atoms with Crippen molar-refractivity contribution in [2.75, 3.05) is 5.32 Å². The summed E-state index contributed by atoms with van der Waals surface area (Å²) in [5.74, 6) is 0.468. The molecule has 5 nitrogen and oxygen atoms in total. The van der Waals surface area contributed by atoms with Gasteiger partial charge in [0.05, 0.1) is 10.7 Å². The number of halogens is 1. The lowest BCUT2D eigenvalue weighted by Crippen LogP contribution is -2.14. The number of benzene rings is 1. The quantitative estimate of drug-likeness (QED) is 0.903. The molecule has 0 bridgehead atoms. The third-order valence-electron chi connectivity index (χ3n) is 2.59. The number of hydrogen-bond donors (Lipinski definition) is 2. The minimum atomic E-state index is -0.369. The van der Waals surface area contributed by atoms with Gasteiger partial charge in [0.2, 0.25) is 5.82 Å². The maximum atomic E-state index is 12.0. The minimum absolute atomic E-state index is 0.126. The van der Waals surface area contributed by atoms with Crippen LogP contribution in [0.5, 0.6) is 0 Å². The van der Waals surface area contributed by atoms with Crippen LogP contribution in [0.4, 0.5) is 5.69 Å². The van der Waals surface area contributed by atoms with E-state index in [4.69, 9.17) is 11.6 Å². The van der Waals surface area contributed by atoms with Crippen molar-refractivity contribution in [2.45, 2.75) is 26.7 Å². The Labute approximate surface area is 116 Å². The van der Waals surface area contributed by atoms with Gasteiger partial charge in [-0.3, -0.25) is 9.89 Å². The summed E-state index contributed by atoms with van der Waals surface area (Å²) in [6, 6.07) is 5.43. The fraction of sp³-hybridized carbons (Fsp3) is 0.308. The van der Waals surface area contributed by atoms with Gasteiger partial charge in [0.25, 0.3) is 5.91 Å². The van der Waals surface area contributed by atoms with E-state index in [2.05, 4.69) is 20.5 Å². The molecule has 6 heteroatoms. The SMILES string of the molecule is CCCc1nc(C(=O)Nc2cc(C)ccc2Cl)n[nH]1. The fourth-order valence-corrected chi connectivity index (χ4v) is 1.82. The first-order valence-corrected chi connectivity index (χ1v) is 6.46. The standard InChI is InChI=1S/C13H15ClN4O/c1-3-4-11-16-12(18-17-11)13(19)15-10-7-8(2)5-6-9(10)14/h5-7H,3-4H2,1-2H3,(H,15,19)(H,16,17,18). The molecule has 0 spiro atoms. The van der Waals surface area contributed by atoms with Gasteiger partial charge in [0.15, 0.2) is 0 Å². The van der Waals surface area contributed by atoms with Gasteiger partial charge in [0, 0.05) is 6.42 Å². The molecule has 1 aromatic carbocycles. The molecule has 100 valence electrons. The van der Waals surface area contributed by atoms with Crippen LogP contribution in [0.1, 0.15) is 35.4 Å². The minimum Gasteiger partial charge on any atom is -0.318 e. The molecular formula is C13H15ClN4O. The Kier molecular flexibility index (Phi) is 4.16. The molecule has 0 atom stereocenters. The molecule has 0 radical (unpaired) electrons. The van der Waals surface area contributed by atoms with E-state index < -0.39 is 0 Å². The van der Waals surface area contributed by atoms with E-state index >= 15 is 0 Å². The molecule has 0 aliphatic carbocycles. The topological polar surface area (TPSA) is 70.7 Å². The van der Waals surface area contributed by atoms with Gasteiger partial charge < -0.3 is 5.32 Å². The second-order valence-corrected chi connectivity index (χ2v) is 4.70. The lowest BCUT2D eigenvalue weighted by atomic mass is 10.2. The molecule has 0 aliphatic heterocycles. The monoisotopic (exact) mass is 278 g/mol. The molecule has 1 heterocycles. The highest BCUT2D eigenvalue weighted by atomic mass is 35.5. The third-order valence-corrected chi connectivity index (χ3v) is 2.92. The zero-order valence-electron chi connectivity index (χ0n) is 10.8. The molecule has 2 N–H and O–H groups in total. The molecule has 0 aliphatic rings. The van der Waals surface area contributed by atoms with Gasteiger partial charge in [-0.1, -0.05) is 24.6 Å². The average Bonchev–Trinajstić information content (AvgIpc) is 2.83. The number of carbonyl (C=O) groups excluding carboxylic acids is 1. The summed E-state index contributed by atoms with van der Waals surface area (Å²) in [5, 5.41) is 9.83. The number of hydrogen-bond acceptors (Lipinski definition) is 3. The van der Waals surface area contributed by atoms with E-state index in [1.54, 1.807) is 12.1 Å². The second kappa shape index (κ2) is 5.84. The number of nitrogens with one attached hydrogen (secondary N) is 2. The number of aromatic nitrogens is 3. The van der Waals surface area contributed by atoms with E-state index in [1.807, 2.05) is 19.9 Å². The predicted molar refractivity (Wildman–Crippen MR) is 74.5 cm³/mol. The molecule has 0 fully saturated rings. The number of rotatable bonds is 4. The Morgan fingerprint density at radius 3 is 3.00 bits per heavy atom. The molecule has 0 unspecified atom stereocenters. The number of nitrogens with zero attached hydrogens (tertiary/aromatic N) is 2. The number of aryl methyl sites for hydroxylation is 2. The van der Waals surface area contributed by atoms with Gasteiger partial charge in [-0.15, -0.1) is 5.10 Å². The first kappa shape index (κ1) is 13.5. The van der Waals surface area contributed by atoms with Gasteiger partial charge in [0.1, 0.15) is 5.82 Å². The van der Waals surface area contributed by atoms with Crippen LogP contribution < -0.4 is 5.32 Å². The van der Waals surface area contributed by atoms with E-state index in [9.17, 15) is 4.79 Å². The Balaban J connectivity index is 2.13. The highest BCUT2D eigenvalue weighted by molar-refractivity contribution is 6.33. The number of H-pyrrole nitrogens is 1. The Hall–Kier alpha value is -1.88. The van der Waals surface area contributed by atoms with Gasteiger partial charge in [-0.25, -0.2) is 4.98 Å². The van der Waals surface area contributed by atoms with E-state index in [0.29, 0.717) is 16.5 Å². The molecule has 2 aromatic rings. The average molecular weight is 279 g/mol. The Bertz CT molecular complexity index is 594. The van der Waals surface area contributed by atoms with E-state index in [0.717, 1.165) is 18.4 Å². The van der Waals surface area contributed by atoms with Crippen molar-refractivity contribution in [1.29, 1.82) is 0 Å². The summed E-state index contributed by atoms with van der Waals surface area (Å²) in [6.07, 6.45) is 1.71. The summed E-state index contributed by atoms with van der Waals surface area (Å²) >= 11 is 6.02. The van der Waals surface area contributed by atoms with Crippen LogP contribution in [0, 0.1) is 6.92 Å². The highest BCUT2D eigenvalue weighted by Crippen LogP contribution is 2.22. The normalized spacial score (nSPS) is 10.5. The van der Waals surface area contributed by atoms with Crippen LogP contribution in [0.3, 0.4) is 0 Å². The van der Waals surface area contributed by atoms with Gasteiger partial charge >= 0.3 is 0 Å². The first-order valence-electron chi connectivity index (χ1n) is 6.09. The summed E-state index contributed by atoms with van der Waals surface area (Å²) in [6.45, 7) is 3.97. The lowest BCUT2D eigenvalue weighted by Gasteiger charge is -2.05. The Morgan fingerprint density at radius 2 is 2.26 bits per heavy atom. The van der Waals surface area contributed by atoms with Crippen LogP contribution in [0.25, 0.3) is 0 Å². The van der Waals surface area contributed by atoms with Gasteiger partial charge in [-0.2, -0.15) is 0 Å². The van der Waals surface area contributed by atoms with Crippen LogP contribution >= 0.6 is 11.6 Å². The largest absolute Gasteiger partial charge is 0.318 e. The summed E-state index contributed by atoms with van der Waals surface area (Å²) < 4.78 is 0. The van der Waals surface area contributed by atoms with E-state index in [1.165, 1.54) is 0 Å². The molecule has 1 aromatic heterocycles. The zero-order valence-corrected chi connectivity index (χ0v) is 11.6.